The van der Waals surface area contributed by atoms with Crippen LogP contribution in [0.15, 0.2) is 53.8 Å². The lowest BCUT2D eigenvalue weighted by molar-refractivity contribution is -0.121. The maximum atomic E-state index is 11.7. The molecule has 1 heterocycles. The summed E-state index contributed by atoms with van der Waals surface area (Å²) in [7, 11) is 0. The smallest absolute Gasteiger partial charge is 0.249 e. The summed E-state index contributed by atoms with van der Waals surface area (Å²) in [5.74, 6) is -0.136. The summed E-state index contributed by atoms with van der Waals surface area (Å²) in [4.78, 5) is 15.7. The van der Waals surface area contributed by atoms with Gasteiger partial charge in [-0.1, -0.05) is 32.0 Å². The van der Waals surface area contributed by atoms with E-state index in [2.05, 4.69) is 10.1 Å². The minimum Gasteiger partial charge on any atom is -0.272 e. The van der Waals surface area contributed by atoms with Crippen LogP contribution in [0.25, 0.3) is 5.69 Å². The second kappa shape index (κ2) is 6.09. The van der Waals surface area contributed by atoms with E-state index in [0.717, 1.165) is 12.1 Å². The molecule has 0 fully saturated rings. The molecular formula is C15H17N3O. The Bertz CT molecular complexity index is 596. The summed E-state index contributed by atoms with van der Waals surface area (Å²) in [5.41, 5.74) is 0.974. The van der Waals surface area contributed by atoms with Gasteiger partial charge in [0.25, 0.3) is 0 Å². The van der Waals surface area contributed by atoms with Gasteiger partial charge < -0.3 is 0 Å². The molecule has 2 rings (SSSR count). The molecule has 0 spiro atoms. The first-order valence-electron chi connectivity index (χ1n) is 6.39. The van der Waals surface area contributed by atoms with Gasteiger partial charge >= 0.3 is 0 Å². The van der Waals surface area contributed by atoms with Crippen LogP contribution in [-0.2, 0) is 4.79 Å². The third-order valence-electron chi connectivity index (χ3n) is 2.99. The number of hydrogen-bond donors (Lipinski definition) is 0. The average Bonchev–Trinajstić information content (AvgIpc) is 2.48. The van der Waals surface area contributed by atoms with E-state index in [1.54, 1.807) is 23.1 Å². The van der Waals surface area contributed by atoms with Gasteiger partial charge in [0.05, 0.1) is 17.2 Å². The fourth-order valence-electron chi connectivity index (χ4n) is 1.56. The van der Waals surface area contributed by atoms with Crippen molar-refractivity contribution >= 4 is 5.91 Å². The van der Waals surface area contributed by atoms with E-state index >= 15 is 0 Å². The highest BCUT2D eigenvalue weighted by Gasteiger charge is 2.07. The second-order valence-electron chi connectivity index (χ2n) is 4.42. The van der Waals surface area contributed by atoms with Gasteiger partial charge in [-0.15, -0.1) is 0 Å². The minimum atomic E-state index is -0.0956. The van der Waals surface area contributed by atoms with Crippen molar-refractivity contribution < 1.29 is 4.79 Å². The normalized spacial score (nSPS) is 13.3. The number of hydrogen-bond acceptors (Lipinski definition) is 2. The number of benzene rings is 1. The first-order chi connectivity index (χ1) is 9.20. The summed E-state index contributed by atoms with van der Waals surface area (Å²) in [5, 5.41) is 4.85. The largest absolute Gasteiger partial charge is 0.272 e. The molecule has 0 saturated heterocycles. The van der Waals surface area contributed by atoms with E-state index < -0.39 is 0 Å². The molecule has 0 aliphatic rings. The number of carbonyl (C=O) groups is 1. The number of nitrogens with zero attached hydrogens (tertiary/aromatic N) is 3. The van der Waals surface area contributed by atoms with Crippen molar-refractivity contribution in [2.75, 3.05) is 0 Å². The van der Waals surface area contributed by atoms with Crippen molar-refractivity contribution in [2.45, 2.75) is 20.3 Å². The third-order valence-corrected chi connectivity index (χ3v) is 2.99. The Labute approximate surface area is 112 Å². The number of rotatable bonds is 3. The molecule has 0 saturated carbocycles. The van der Waals surface area contributed by atoms with Crippen LogP contribution in [0.4, 0.5) is 0 Å². The predicted octanol–water partition coefficient (Wildman–Crippen LogP) is 2.35. The molecule has 0 aliphatic carbocycles. The Balaban J connectivity index is 2.24. The Morgan fingerprint density at radius 2 is 2.05 bits per heavy atom. The van der Waals surface area contributed by atoms with E-state index in [1.165, 1.54) is 0 Å². The molecule has 1 aromatic heterocycles. The summed E-state index contributed by atoms with van der Waals surface area (Å²) in [6, 6.07) is 11.6. The molecule has 0 bridgehead atoms. The van der Waals surface area contributed by atoms with Gasteiger partial charge in [0.2, 0.25) is 5.91 Å². The van der Waals surface area contributed by atoms with Gasteiger partial charge in [-0.25, -0.2) is 9.67 Å². The molecule has 0 radical (unpaired) electrons. The first-order valence-corrected chi connectivity index (χ1v) is 6.39. The van der Waals surface area contributed by atoms with Gasteiger partial charge in [-0.3, -0.25) is 4.79 Å². The maximum Gasteiger partial charge on any atom is 0.249 e. The molecule has 1 atom stereocenters. The number of amides is 1. The quantitative estimate of drug-likeness (QED) is 0.845. The Kier molecular flexibility index (Phi) is 4.23. The Morgan fingerprint density at radius 3 is 2.63 bits per heavy atom. The van der Waals surface area contributed by atoms with Crippen LogP contribution in [-0.4, -0.2) is 15.7 Å². The molecule has 0 N–H and O–H groups in total. The van der Waals surface area contributed by atoms with Crippen molar-refractivity contribution in [1.82, 2.24) is 9.78 Å². The fraction of sp³-hybridized carbons (Fsp3) is 0.267. The Hall–Kier alpha value is -2.23. The monoisotopic (exact) mass is 255 g/mol. The van der Waals surface area contributed by atoms with Gasteiger partial charge in [0, 0.05) is 12.1 Å². The maximum absolute atomic E-state index is 11.7. The summed E-state index contributed by atoms with van der Waals surface area (Å²) >= 11 is 0. The molecule has 98 valence electrons. The van der Waals surface area contributed by atoms with Crippen LogP contribution in [0, 0.1) is 5.92 Å². The summed E-state index contributed by atoms with van der Waals surface area (Å²) < 4.78 is 1.74. The molecule has 0 aliphatic heterocycles. The lowest BCUT2D eigenvalue weighted by atomic mass is 10.1. The zero-order valence-electron chi connectivity index (χ0n) is 11.2. The molecule has 4 nitrogen and oxygen atoms in total. The highest BCUT2D eigenvalue weighted by molar-refractivity contribution is 5.79. The third kappa shape index (κ3) is 3.37. The molecule has 2 aromatic rings. The molecule has 19 heavy (non-hydrogen) atoms. The lowest BCUT2D eigenvalue weighted by Crippen LogP contribution is -2.14. The van der Waals surface area contributed by atoms with Gasteiger partial charge in [0.15, 0.2) is 0 Å². The van der Waals surface area contributed by atoms with Crippen molar-refractivity contribution in [1.29, 1.82) is 0 Å². The number of aromatic nitrogens is 2. The van der Waals surface area contributed by atoms with Crippen LogP contribution < -0.4 is 5.36 Å². The number of para-hydroxylation sites is 1. The van der Waals surface area contributed by atoms with Crippen LogP contribution in [0.1, 0.15) is 20.3 Å². The molecule has 1 amide bonds. The minimum absolute atomic E-state index is 0.0403. The Morgan fingerprint density at radius 1 is 1.32 bits per heavy atom. The van der Waals surface area contributed by atoms with Crippen LogP contribution in [0.3, 0.4) is 0 Å². The molecule has 1 unspecified atom stereocenters. The first kappa shape index (κ1) is 13.2. The zero-order chi connectivity index (χ0) is 13.7. The predicted molar refractivity (Wildman–Crippen MR) is 73.6 cm³/mol. The van der Waals surface area contributed by atoms with Gasteiger partial charge in [-0.2, -0.15) is 5.10 Å². The second-order valence-corrected chi connectivity index (χ2v) is 4.42. The van der Waals surface area contributed by atoms with Crippen molar-refractivity contribution in [3.63, 3.8) is 0 Å². The average molecular weight is 255 g/mol. The van der Waals surface area contributed by atoms with E-state index in [-0.39, 0.29) is 11.8 Å². The van der Waals surface area contributed by atoms with Gasteiger partial charge in [-0.05, 0) is 24.6 Å². The van der Waals surface area contributed by atoms with E-state index in [0.29, 0.717) is 5.36 Å². The highest BCUT2D eigenvalue weighted by Crippen LogP contribution is 2.03. The molecule has 4 heteroatoms. The number of carbonyl (C=O) groups excluding carboxylic acids is 1. The summed E-state index contributed by atoms with van der Waals surface area (Å²) in [6.45, 7) is 3.86. The van der Waals surface area contributed by atoms with Crippen LogP contribution in [0.2, 0.25) is 0 Å². The van der Waals surface area contributed by atoms with E-state index in [1.807, 2.05) is 44.2 Å². The molecule has 1 aromatic carbocycles. The highest BCUT2D eigenvalue weighted by atomic mass is 16.1. The lowest BCUT2D eigenvalue weighted by Gasteiger charge is -2.04. The van der Waals surface area contributed by atoms with Crippen molar-refractivity contribution in [3.8, 4) is 5.69 Å². The SMILES string of the molecule is CCC(C)C(=O)/N=c1\ccn(-c2ccccc2)nc1. The van der Waals surface area contributed by atoms with E-state index in [4.69, 9.17) is 0 Å². The van der Waals surface area contributed by atoms with Crippen molar-refractivity contribution in [2.24, 2.45) is 10.9 Å². The van der Waals surface area contributed by atoms with Crippen LogP contribution >= 0.6 is 0 Å². The van der Waals surface area contributed by atoms with Crippen molar-refractivity contribution in [3.05, 3.63) is 54.1 Å². The topological polar surface area (TPSA) is 47.2 Å². The van der Waals surface area contributed by atoms with Crippen LogP contribution in [0.5, 0.6) is 0 Å². The zero-order valence-corrected chi connectivity index (χ0v) is 11.2. The summed E-state index contributed by atoms with van der Waals surface area (Å²) in [6.07, 6.45) is 4.21. The van der Waals surface area contributed by atoms with Gasteiger partial charge in [0.1, 0.15) is 0 Å². The molecular weight excluding hydrogens is 238 g/mol. The standard InChI is InChI=1S/C15H17N3O/c1-3-12(2)15(19)17-13-9-10-18(16-11-13)14-7-5-4-6-8-14/h4-12H,3H2,1-2H3/b17-13+. The van der Waals surface area contributed by atoms with E-state index in [9.17, 15) is 4.79 Å². The fourth-order valence-corrected chi connectivity index (χ4v) is 1.56.